The average Bonchev–Trinajstić information content (AvgIpc) is 2.85. The fourth-order valence-electron chi connectivity index (χ4n) is 2.80. The molecule has 3 rings (SSSR count). The number of anilines is 1. The molecule has 0 spiro atoms. The number of hydrogen-bond acceptors (Lipinski definition) is 3. The number of aromatic nitrogens is 2. The molecule has 2 fully saturated rings. The molecule has 18 heavy (non-hydrogen) atoms. The minimum absolute atomic E-state index is 0.505. The highest BCUT2D eigenvalue weighted by atomic mass is 15.3. The predicted molar refractivity (Wildman–Crippen MR) is 74.0 cm³/mol. The molecule has 2 aliphatic rings. The number of rotatable bonds is 5. The first-order chi connectivity index (χ1) is 8.72. The average molecular weight is 248 g/mol. The lowest BCUT2D eigenvalue weighted by Gasteiger charge is -2.22. The van der Waals surface area contributed by atoms with E-state index in [4.69, 9.17) is 0 Å². The van der Waals surface area contributed by atoms with Crippen LogP contribution < -0.4 is 5.32 Å². The molecule has 1 unspecified atom stereocenters. The summed E-state index contributed by atoms with van der Waals surface area (Å²) >= 11 is 0. The third kappa shape index (κ3) is 2.69. The van der Waals surface area contributed by atoms with Crippen LogP contribution in [0.1, 0.15) is 44.3 Å². The van der Waals surface area contributed by atoms with Crippen molar-refractivity contribution in [1.29, 1.82) is 0 Å². The van der Waals surface area contributed by atoms with E-state index in [0.717, 1.165) is 18.2 Å². The van der Waals surface area contributed by atoms with Gasteiger partial charge < -0.3 is 14.8 Å². The fourth-order valence-corrected chi connectivity index (χ4v) is 2.80. The van der Waals surface area contributed by atoms with Crippen LogP contribution in [0.2, 0.25) is 0 Å². The molecule has 1 aromatic heterocycles. The first-order valence-electron chi connectivity index (χ1n) is 7.27. The second-order valence-corrected chi connectivity index (χ2v) is 5.89. The SMILES string of the molecule is Cc1cn(C(C)CN2CCCC2)c(NC2CC2)n1. The number of hydrogen-bond donors (Lipinski definition) is 1. The van der Waals surface area contributed by atoms with E-state index in [2.05, 4.69) is 39.8 Å². The van der Waals surface area contributed by atoms with Crippen LogP contribution in [0.25, 0.3) is 0 Å². The van der Waals surface area contributed by atoms with Crippen LogP contribution in [0.4, 0.5) is 5.95 Å². The monoisotopic (exact) mass is 248 g/mol. The molecule has 1 aliphatic heterocycles. The first kappa shape index (κ1) is 12.0. The number of aryl methyl sites for hydroxylation is 1. The highest BCUT2D eigenvalue weighted by Crippen LogP contribution is 2.26. The number of nitrogens with zero attached hydrogens (tertiary/aromatic N) is 3. The van der Waals surface area contributed by atoms with Gasteiger partial charge in [-0.15, -0.1) is 0 Å². The third-order valence-electron chi connectivity index (χ3n) is 3.96. The van der Waals surface area contributed by atoms with Crippen LogP contribution >= 0.6 is 0 Å². The maximum atomic E-state index is 4.62. The van der Waals surface area contributed by atoms with Gasteiger partial charge in [0.25, 0.3) is 0 Å². The summed E-state index contributed by atoms with van der Waals surface area (Å²) in [6.07, 6.45) is 7.51. The molecular weight excluding hydrogens is 224 g/mol. The van der Waals surface area contributed by atoms with E-state index in [9.17, 15) is 0 Å². The van der Waals surface area contributed by atoms with Crippen molar-refractivity contribution in [3.63, 3.8) is 0 Å². The summed E-state index contributed by atoms with van der Waals surface area (Å²) in [7, 11) is 0. The molecular formula is C14H24N4. The van der Waals surface area contributed by atoms with E-state index in [1.165, 1.54) is 38.8 Å². The van der Waals surface area contributed by atoms with Gasteiger partial charge in [0, 0.05) is 24.8 Å². The minimum Gasteiger partial charge on any atom is -0.353 e. The Hall–Kier alpha value is -1.03. The summed E-state index contributed by atoms with van der Waals surface area (Å²) in [5, 5.41) is 3.54. The second-order valence-electron chi connectivity index (χ2n) is 5.89. The molecule has 1 saturated heterocycles. The molecule has 1 aromatic rings. The van der Waals surface area contributed by atoms with Gasteiger partial charge >= 0.3 is 0 Å². The van der Waals surface area contributed by atoms with Gasteiger partial charge in [-0.2, -0.15) is 0 Å². The van der Waals surface area contributed by atoms with Gasteiger partial charge in [0.15, 0.2) is 0 Å². The molecule has 1 saturated carbocycles. The standard InChI is InChI=1S/C14H24N4/c1-11-9-18(14(15-11)16-13-5-6-13)12(2)10-17-7-3-4-8-17/h9,12-13H,3-8,10H2,1-2H3,(H,15,16). The maximum absolute atomic E-state index is 4.62. The summed E-state index contributed by atoms with van der Waals surface area (Å²) in [5.41, 5.74) is 1.12. The molecule has 1 atom stereocenters. The summed E-state index contributed by atoms with van der Waals surface area (Å²) in [4.78, 5) is 7.19. The van der Waals surface area contributed by atoms with Crippen molar-refractivity contribution in [2.75, 3.05) is 25.0 Å². The van der Waals surface area contributed by atoms with Crippen molar-refractivity contribution < 1.29 is 0 Å². The molecule has 0 amide bonds. The Morgan fingerprint density at radius 1 is 1.39 bits per heavy atom. The van der Waals surface area contributed by atoms with Gasteiger partial charge in [0.2, 0.25) is 5.95 Å². The van der Waals surface area contributed by atoms with Crippen LogP contribution in [-0.4, -0.2) is 40.1 Å². The lowest BCUT2D eigenvalue weighted by atomic mass is 10.3. The van der Waals surface area contributed by atoms with E-state index in [1.807, 2.05) is 0 Å². The van der Waals surface area contributed by atoms with Gasteiger partial charge in [-0.05, 0) is 52.6 Å². The number of likely N-dealkylation sites (tertiary alicyclic amines) is 1. The molecule has 2 heterocycles. The quantitative estimate of drug-likeness (QED) is 0.868. The van der Waals surface area contributed by atoms with E-state index >= 15 is 0 Å². The van der Waals surface area contributed by atoms with Crippen molar-refractivity contribution in [2.24, 2.45) is 0 Å². The van der Waals surface area contributed by atoms with Crippen LogP contribution in [0.5, 0.6) is 0 Å². The van der Waals surface area contributed by atoms with Crippen molar-refractivity contribution in [2.45, 2.75) is 51.6 Å². The first-order valence-corrected chi connectivity index (χ1v) is 7.27. The lowest BCUT2D eigenvalue weighted by Crippen LogP contribution is -2.27. The zero-order valence-electron chi connectivity index (χ0n) is 11.5. The third-order valence-corrected chi connectivity index (χ3v) is 3.96. The Kier molecular flexibility index (Phi) is 3.29. The van der Waals surface area contributed by atoms with Crippen LogP contribution in [0.3, 0.4) is 0 Å². The van der Waals surface area contributed by atoms with E-state index in [0.29, 0.717) is 12.1 Å². The van der Waals surface area contributed by atoms with E-state index in [-0.39, 0.29) is 0 Å². The molecule has 4 nitrogen and oxygen atoms in total. The molecule has 0 radical (unpaired) electrons. The maximum Gasteiger partial charge on any atom is 0.203 e. The van der Waals surface area contributed by atoms with Crippen molar-refractivity contribution in [1.82, 2.24) is 14.5 Å². The molecule has 4 heteroatoms. The summed E-state index contributed by atoms with van der Waals surface area (Å²) in [6.45, 7) is 8.07. The predicted octanol–water partition coefficient (Wildman–Crippen LogP) is 2.42. The molecule has 1 aliphatic carbocycles. The van der Waals surface area contributed by atoms with Gasteiger partial charge in [-0.25, -0.2) is 4.98 Å². The Bertz CT molecular complexity index is 402. The molecule has 0 aromatic carbocycles. The minimum atomic E-state index is 0.505. The van der Waals surface area contributed by atoms with Gasteiger partial charge in [-0.3, -0.25) is 0 Å². The summed E-state index contributed by atoms with van der Waals surface area (Å²) in [6, 6.07) is 1.18. The molecule has 100 valence electrons. The lowest BCUT2D eigenvalue weighted by molar-refractivity contribution is 0.288. The molecule has 0 bridgehead atoms. The molecule has 1 N–H and O–H groups in total. The Morgan fingerprint density at radius 2 is 2.11 bits per heavy atom. The van der Waals surface area contributed by atoms with Crippen LogP contribution in [-0.2, 0) is 0 Å². The largest absolute Gasteiger partial charge is 0.353 e. The zero-order valence-corrected chi connectivity index (χ0v) is 11.5. The normalized spacial score (nSPS) is 22.3. The van der Waals surface area contributed by atoms with Crippen molar-refractivity contribution in [3.05, 3.63) is 11.9 Å². The Balaban J connectivity index is 1.68. The van der Waals surface area contributed by atoms with E-state index < -0.39 is 0 Å². The smallest absolute Gasteiger partial charge is 0.203 e. The highest BCUT2D eigenvalue weighted by molar-refractivity contribution is 5.32. The number of nitrogens with one attached hydrogen (secondary N) is 1. The summed E-state index contributed by atoms with van der Waals surface area (Å²) < 4.78 is 2.33. The second kappa shape index (κ2) is 4.92. The van der Waals surface area contributed by atoms with Gasteiger partial charge in [-0.1, -0.05) is 0 Å². The Morgan fingerprint density at radius 3 is 2.78 bits per heavy atom. The van der Waals surface area contributed by atoms with Crippen molar-refractivity contribution in [3.8, 4) is 0 Å². The topological polar surface area (TPSA) is 33.1 Å². The van der Waals surface area contributed by atoms with E-state index in [1.54, 1.807) is 0 Å². The summed E-state index contributed by atoms with van der Waals surface area (Å²) in [5.74, 6) is 1.07. The number of imidazole rings is 1. The highest BCUT2D eigenvalue weighted by Gasteiger charge is 2.24. The van der Waals surface area contributed by atoms with Crippen molar-refractivity contribution >= 4 is 5.95 Å². The van der Waals surface area contributed by atoms with Gasteiger partial charge in [0.05, 0.1) is 5.69 Å². The fraction of sp³-hybridized carbons (Fsp3) is 0.786. The van der Waals surface area contributed by atoms with Gasteiger partial charge in [0.1, 0.15) is 0 Å². The zero-order chi connectivity index (χ0) is 12.5. The van der Waals surface area contributed by atoms with Crippen LogP contribution in [0.15, 0.2) is 6.20 Å². The Labute approximate surface area is 109 Å². The van der Waals surface area contributed by atoms with Crippen LogP contribution in [0, 0.1) is 6.92 Å².